The first-order valence-corrected chi connectivity index (χ1v) is 12.2. The molecule has 1 fully saturated rings. The number of amides is 1. The number of aromatic nitrogens is 1. The van der Waals surface area contributed by atoms with Crippen LogP contribution in [0.1, 0.15) is 74.7 Å². The Labute approximate surface area is 200 Å². The molecule has 3 aromatic rings. The van der Waals surface area contributed by atoms with E-state index in [-0.39, 0.29) is 11.7 Å². The highest BCUT2D eigenvalue weighted by Gasteiger charge is 2.33. The number of ether oxygens (including phenoxy) is 1. The van der Waals surface area contributed by atoms with Crippen molar-refractivity contribution < 1.29 is 19.4 Å². The van der Waals surface area contributed by atoms with E-state index < -0.39 is 11.6 Å². The number of carboxylic acids is 1. The molecule has 0 saturated heterocycles. The van der Waals surface area contributed by atoms with Gasteiger partial charge in [-0.05, 0) is 63.3 Å². The first-order chi connectivity index (χ1) is 16.2. The summed E-state index contributed by atoms with van der Waals surface area (Å²) in [4.78, 5) is 26.7. The lowest BCUT2D eigenvalue weighted by molar-refractivity contribution is 0.0579. The Hall–Kier alpha value is -3.28. The molecule has 5 rings (SSSR count). The van der Waals surface area contributed by atoms with Crippen molar-refractivity contribution in [3.8, 4) is 11.3 Å². The highest BCUT2D eigenvalue weighted by Crippen LogP contribution is 2.47. The van der Waals surface area contributed by atoms with Gasteiger partial charge in [0.25, 0.3) is 0 Å². The molecule has 0 spiro atoms. The van der Waals surface area contributed by atoms with E-state index in [1.54, 1.807) is 17.0 Å². The Bertz CT molecular complexity index is 1260. The van der Waals surface area contributed by atoms with E-state index >= 15 is 0 Å². The van der Waals surface area contributed by atoms with Crippen LogP contribution in [0.3, 0.4) is 0 Å². The summed E-state index contributed by atoms with van der Waals surface area (Å²) in [7, 11) is 0. The smallest absolute Gasteiger partial charge is 0.414 e. The van der Waals surface area contributed by atoms with Crippen LogP contribution in [0, 0.1) is 0 Å². The van der Waals surface area contributed by atoms with E-state index in [0.29, 0.717) is 19.0 Å². The Kier molecular flexibility index (Phi) is 5.62. The second kappa shape index (κ2) is 8.49. The maximum atomic E-state index is 13.2. The van der Waals surface area contributed by atoms with Gasteiger partial charge in [0.2, 0.25) is 0 Å². The molecule has 1 saturated carbocycles. The van der Waals surface area contributed by atoms with Crippen LogP contribution in [0.5, 0.6) is 0 Å². The Morgan fingerprint density at radius 3 is 2.44 bits per heavy atom. The van der Waals surface area contributed by atoms with Gasteiger partial charge in [0.1, 0.15) is 5.60 Å². The zero-order valence-electron chi connectivity index (χ0n) is 20.1. The monoisotopic (exact) mass is 460 g/mol. The average molecular weight is 461 g/mol. The number of rotatable bonds is 2. The van der Waals surface area contributed by atoms with Gasteiger partial charge >= 0.3 is 12.1 Å². The summed E-state index contributed by atoms with van der Waals surface area (Å²) in [5.74, 6) is -0.509. The number of hydrogen-bond acceptors (Lipinski definition) is 3. The number of aromatic carboxylic acids is 1. The van der Waals surface area contributed by atoms with Gasteiger partial charge in [-0.25, -0.2) is 9.59 Å². The molecule has 0 unspecified atom stereocenters. The molecular formula is C28H32N2O4. The lowest BCUT2D eigenvalue weighted by Gasteiger charge is -2.28. The molecule has 1 aromatic heterocycles. The number of carbonyl (C=O) groups excluding carboxylic acids is 1. The molecule has 6 nitrogen and oxygen atoms in total. The molecule has 0 radical (unpaired) electrons. The van der Waals surface area contributed by atoms with Crippen LogP contribution in [0.25, 0.3) is 22.2 Å². The van der Waals surface area contributed by atoms with Crippen molar-refractivity contribution in [1.82, 2.24) is 4.57 Å². The molecule has 0 atom stereocenters. The minimum Gasteiger partial charge on any atom is -0.478 e. The zero-order valence-corrected chi connectivity index (χ0v) is 20.1. The Balaban J connectivity index is 1.74. The van der Waals surface area contributed by atoms with E-state index in [0.717, 1.165) is 40.7 Å². The average Bonchev–Trinajstić information content (AvgIpc) is 3.02. The fourth-order valence-electron chi connectivity index (χ4n) is 5.57. The van der Waals surface area contributed by atoms with E-state index in [1.807, 2.05) is 45.0 Å². The second-order valence-corrected chi connectivity index (χ2v) is 10.4. The third-order valence-electron chi connectivity index (χ3n) is 6.98. The molecule has 6 heteroatoms. The quantitative estimate of drug-likeness (QED) is 0.456. The van der Waals surface area contributed by atoms with Crippen molar-refractivity contribution >= 4 is 28.7 Å². The van der Waals surface area contributed by atoms with Crippen molar-refractivity contribution in [2.24, 2.45) is 0 Å². The second-order valence-electron chi connectivity index (χ2n) is 10.4. The van der Waals surface area contributed by atoms with Crippen molar-refractivity contribution in [3.63, 3.8) is 0 Å². The fourth-order valence-corrected chi connectivity index (χ4v) is 5.57. The molecule has 1 aliphatic heterocycles. The lowest BCUT2D eigenvalue weighted by Crippen LogP contribution is -2.38. The molecule has 2 heterocycles. The Morgan fingerprint density at radius 1 is 1.00 bits per heavy atom. The summed E-state index contributed by atoms with van der Waals surface area (Å²) < 4.78 is 7.98. The van der Waals surface area contributed by atoms with Crippen LogP contribution in [-0.2, 0) is 11.3 Å². The molecule has 2 aliphatic rings. The van der Waals surface area contributed by atoms with Gasteiger partial charge in [0, 0.05) is 29.6 Å². The highest BCUT2D eigenvalue weighted by molar-refractivity contribution is 6.01. The zero-order chi connectivity index (χ0) is 24.0. The molecule has 1 aliphatic carbocycles. The third kappa shape index (κ3) is 3.95. The molecule has 1 amide bonds. The van der Waals surface area contributed by atoms with Gasteiger partial charge in [-0.15, -0.1) is 0 Å². The number of para-hydroxylation sites is 1. The van der Waals surface area contributed by atoms with Crippen LogP contribution in [0.4, 0.5) is 10.5 Å². The standard InChI is InChI=1S/C28H32N2O4/c1-28(2,3)34-27(33)30-16-15-29-23-17-19(26(31)32)13-14-20(23)24(18-9-5-4-6-10-18)25(29)21-11-7-8-12-22(21)30/h7-8,11-14,17-18H,4-6,9-10,15-16H2,1-3H3,(H,31,32). The van der Waals surface area contributed by atoms with Crippen LogP contribution < -0.4 is 4.90 Å². The lowest BCUT2D eigenvalue weighted by atomic mass is 9.81. The van der Waals surface area contributed by atoms with Crippen LogP contribution in [-0.4, -0.2) is 33.9 Å². The Morgan fingerprint density at radius 2 is 1.74 bits per heavy atom. The van der Waals surface area contributed by atoms with E-state index in [9.17, 15) is 14.7 Å². The number of fused-ring (bicyclic) bond motifs is 5. The molecular weight excluding hydrogens is 428 g/mol. The van der Waals surface area contributed by atoms with Gasteiger partial charge in [-0.1, -0.05) is 43.5 Å². The van der Waals surface area contributed by atoms with Gasteiger partial charge in [-0.3, -0.25) is 4.90 Å². The predicted octanol–water partition coefficient (Wildman–Crippen LogP) is 6.81. The number of benzene rings is 2. The number of carbonyl (C=O) groups is 2. The first kappa shape index (κ1) is 22.5. The van der Waals surface area contributed by atoms with E-state index in [1.165, 1.54) is 24.8 Å². The van der Waals surface area contributed by atoms with Gasteiger partial charge in [0.05, 0.1) is 16.9 Å². The first-order valence-electron chi connectivity index (χ1n) is 12.2. The summed E-state index contributed by atoms with van der Waals surface area (Å²) in [6.07, 6.45) is 5.57. The van der Waals surface area contributed by atoms with Crippen molar-refractivity contribution in [1.29, 1.82) is 0 Å². The highest BCUT2D eigenvalue weighted by atomic mass is 16.6. The minimum atomic E-state index is -0.930. The number of carboxylic acid groups (broad SMARTS) is 1. The van der Waals surface area contributed by atoms with Gasteiger partial charge < -0.3 is 14.4 Å². The molecule has 178 valence electrons. The summed E-state index contributed by atoms with van der Waals surface area (Å²) in [5.41, 5.74) is 4.87. The minimum absolute atomic E-state index is 0.282. The predicted molar refractivity (Wildman–Crippen MR) is 134 cm³/mol. The van der Waals surface area contributed by atoms with Crippen molar-refractivity contribution in [2.75, 3.05) is 11.4 Å². The molecule has 1 N–H and O–H groups in total. The van der Waals surface area contributed by atoms with E-state index in [2.05, 4.69) is 10.6 Å². The third-order valence-corrected chi connectivity index (χ3v) is 6.98. The fraction of sp³-hybridized carbons (Fsp3) is 0.429. The SMILES string of the molecule is CC(C)(C)OC(=O)N1CCn2c(c(C3CCCCC3)c3ccc(C(=O)O)cc32)-c2ccccc21. The number of anilines is 1. The van der Waals surface area contributed by atoms with E-state index in [4.69, 9.17) is 4.74 Å². The maximum absolute atomic E-state index is 13.2. The molecule has 0 bridgehead atoms. The van der Waals surface area contributed by atoms with Crippen LogP contribution in [0.2, 0.25) is 0 Å². The van der Waals surface area contributed by atoms with Crippen LogP contribution >= 0.6 is 0 Å². The van der Waals surface area contributed by atoms with Gasteiger partial charge in [-0.2, -0.15) is 0 Å². The summed E-state index contributed by atoms with van der Waals surface area (Å²) in [5, 5.41) is 10.8. The van der Waals surface area contributed by atoms with Crippen molar-refractivity contribution in [3.05, 3.63) is 53.6 Å². The van der Waals surface area contributed by atoms with Gasteiger partial charge in [0.15, 0.2) is 0 Å². The summed E-state index contributed by atoms with van der Waals surface area (Å²) in [6, 6.07) is 13.5. The summed E-state index contributed by atoms with van der Waals surface area (Å²) in [6.45, 7) is 6.64. The maximum Gasteiger partial charge on any atom is 0.414 e. The largest absolute Gasteiger partial charge is 0.478 e. The van der Waals surface area contributed by atoms with Crippen molar-refractivity contribution in [2.45, 2.75) is 70.9 Å². The molecule has 2 aromatic carbocycles. The number of nitrogens with zero attached hydrogens (tertiary/aromatic N) is 2. The molecule has 34 heavy (non-hydrogen) atoms. The topological polar surface area (TPSA) is 71.8 Å². The van der Waals surface area contributed by atoms with Crippen LogP contribution in [0.15, 0.2) is 42.5 Å². The number of hydrogen-bond donors (Lipinski definition) is 1. The normalized spacial score (nSPS) is 16.6. The summed E-state index contributed by atoms with van der Waals surface area (Å²) >= 11 is 0.